The number of thioether (sulfide) groups is 1. The van der Waals surface area contributed by atoms with Crippen molar-refractivity contribution in [1.29, 1.82) is 0 Å². The predicted molar refractivity (Wildman–Crippen MR) is 84.9 cm³/mol. The molecule has 0 spiro atoms. The van der Waals surface area contributed by atoms with Crippen LogP contribution in [0.5, 0.6) is 0 Å². The zero-order valence-corrected chi connectivity index (χ0v) is 13.8. The first-order valence-corrected chi connectivity index (χ1v) is 9.65. The van der Waals surface area contributed by atoms with Gasteiger partial charge in [-0.15, -0.1) is 11.8 Å². The molecule has 1 heterocycles. The Balaban J connectivity index is 1.74. The minimum Gasteiger partial charge on any atom is -0.273 e. The van der Waals surface area contributed by atoms with Crippen molar-refractivity contribution < 1.29 is 18.0 Å². The molecule has 1 atom stereocenters. The van der Waals surface area contributed by atoms with E-state index in [4.69, 9.17) is 0 Å². The van der Waals surface area contributed by atoms with Crippen molar-refractivity contribution in [2.24, 2.45) is 5.92 Å². The van der Waals surface area contributed by atoms with E-state index in [1.165, 1.54) is 11.8 Å². The van der Waals surface area contributed by atoms with Crippen LogP contribution in [0.2, 0.25) is 0 Å². The fraction of sp³-hybridized carbons (Fsp3) is 0.429. The van der Waals surface area contributed by atoms with Gasteiger partial charge in [-0.2, -0.15) is 0 Å². The average Bonchev–Trinajstić information content (AvgIpc) is 2.84. The normalized spacial score (nSPS) is 19.6. The molecular formula is C14H18N2O4S2. The summed E-state index contributed by atoms with van der Waals surface area (Å²) in [6.07, 6.45) is 0.308. The number of aryl methyl sites for hydroxylation is 1. The third-order valence-electron chi connectivity index (χ3n) is 3.38. The second kappa shape index (κ2) is 7.15. The Labute approximate surface area is 133 Å². The third-order valence-corrected chi connectivity index (χ3v) is 6.32. The number of hydrogen-bond acceptors (Lipinski definition) is 5. The molecule has 0 saturated carbocycles. The van der Waals surface area contributed by atoms with Crippen molar-refractivity contribution in [3.05, 3.63) is 29.8 Å². The van der Waals surface area contributed by atoms with Crippen molar-refractivity contribution >= 4 is 33.4 Å². The molecule has 8 heteroatoms. The Morgan fingerprint density at radius 1 is 1.27 bits per heavy atom. The highest BCUT2D eigenvalue weighted by Crippen LogP contribution is 2.21. The topological polar surface area (TPSA) is 92.3 Å². The molecule has 6 nitrogen and oxygen atoms in total. The van der Waals surface area contributed by atoms with Crippen LogP contribution >= 0.6 is 11.8 Å². The lowest BCUT2D eigenvalue weighted by Crippen LogP contribution is -2.45. The van der Waals surface area contributed by atoms with Gasteiger partial charge in [0.05, 0.1) is 23.2 Å². The lowest BCUT2D eigenvalue weighted by Gasteiger charge is -2.11. The molecule has 0 unspecified atom stereocenters. The molecule has 1 saturated heterocycles. The quantitative estimate of drug-likeness (QED) is 0.620. The monoisotopic (exact) mass is 342 g/mol. The average molecular weight is 342 g/mol. The highest BCUT2D eigenvalue weighted by atomic mass is 32.2. The summed E-state index contributed by atoms with van der Waals surface area (Å²) >= 11 is 1.38. The summed E-state index contributed by atoms with van der Waals surface area (Å²) in [6.45, 7) is 1.96. The van der Waals surface area contributed by atoms with Crippen molar-refractivity contribution in [2.45, 2.75) is 18.2 Å². The number of rotatable bonds is 4. The summed E-state index contributed by atoms with van der Waals surface area (Å²) < 4.78 is 22.6. The summed E-state index contributed by atoms with van der Waals surface area (Å²) in [5, 5.41) is 0. The van der Waals surface area contributed by atoms with Gasteiger partial charge in [-0.05, 0) is 25.0 Å². The van der Waals surface area contributed by atoms with Crippen LogP contribution in [0.15, 0.2) is 29.2 Å². The van der Waals surface area contributed by atoms with Gasteiger partial charge in [-0.3, -0.25) is 20.4 Å². The molecule has 0 radical (unpaired) electrons. The minimum absolute atomic E-state index is 0.0299. The van der Waals surface area contributed by atoms with E-state index in [0.29, 0.717) is 6.42 Å². The van der Waals surface area contributed by atoms with Crippen LogP contribution in [0.25, 0.3) is 0 Å². The first-order chi connectivity index (χ1) is 10.4. The molecule has 1 aromatic carbocycles. The van der Waals surface area contributed by atoms with Crippen molar-refractivity contribution in [2.75, 3.05) is 17.3 Å². The second-order valence-corrected chi connectivity index (χ2v) is 8.44. The number of carbonyl (C=O) groups is 2. The van der Waals surface area contributed by atoms with Gasteiger partial charge in [0, 0.05) is 4.90 Å². The minimum atomic E-state index is -3.11. The molecule has 2 rings (SSSR count). The van der Waals surface area contributed by atoms with Gasteiger partial charge in [-0.1, -0.05) is 18.2 Å². The molecule has 0 bridgehead atoms. The van der Waals surface area contributed by atoms with E-state index in [0.717, 1.165) is 10.5 Å². The van der Waals surface area contributed by atoms with E-state index in [9.17, 15) is 18.0 Å². The largest absolute Gasteiger partial charge is 0.273 e. The standard InChI is InChI=1S/C14H18N2O4S2/c1-10-4-2-3-5-12(10)21-8-13(17)15-16-14(18)11-6-7-22(19,20)9-11/h2-5,11H,6-9H2,1H3,(H,15,17)(H,16,18)/t11-/m1/s1. The third kappa shape index (κ3) is 4.74. The number of sulfone groups is 1. The van der Waals surface area contributed by atoms with Crippen molar-refractivity contribution in [3.8, 4) is 0 Å². The molecular weight excluding hydrogens is 324 g/mol. The van der Waals surface area contributed by atoms with Crippen LogP contribution in [0.4, 0.5) is 0 Å². The van der Waals surface area contributed by atoms with Gasteiger partial charge < -0.3 is 0 Å². The molecule has 120 valence electrons. The number of carbonyl (C=O) groups excluding carboxylic acids is 2. The Morgan fingerprint density at radius 3 is 2.64 bits per heavy atom. The van der Waals surface area contributed by atoms with Crippen molar-refractivity contribution in [3.63, 3.8) is 0 Å². The SMILES string of the molecule is Cc1ccccc1SCC(=O)NNC(=O)[C@@H]1CCS(=O)(=O)C1. The maximum Gasteiger partial charge on any atom is 0.248 e. The Morgan fingerprint density at radius 2 is 2.00 bits per heavy atom. The maximum absolute atomic E-state index is 11.8. The second-order valence-electron chi connectivity index (χ2n) is 5.19. The molecule has 1 fully saturated rings. The predicted octanol–water partition coefficient (Wildman–Crippen LogP) is 0.669. The van der Waals surface area contributed by atoms with Gasteiger partial charge in [-0.25, -0.2) is 8.42 Å². The molecule has 2 amide bonds. The number of nitrogens with one attached hydrogen (secondary N) is 2. The highest BCUT2D eigenvalue weighted by Gasteiger charge is 2.33. The van der Waals surface area contributed by atoms with E-state index >= 15 is 0 Å². The molecule has 1 aliphatic rings. The fourth-order valence-electron chi connectivity index (χ4n) is 2.13. The highest BCUT2D eigenvalue weighted by molar-refractivity contribution is 8.00. The van der Waals surface area contributed by atoms with E-state index in [1.807, 2.05) is 31.2 Å². The molecule has 22 heavy (non-hydrogen) atoms. The molecule has 1 aromatic rings. The summed E-state index contributed by atoms with van der Waals surface area (Å²) in [7, 11) is -3.11. The Hall–Kier alpha value is -1.54. The van der Waals surface area contributed by atoms with Crippen LogP contribution in [-0.2, 0) is 19.4 Å². The summed E-state index contributed by atoms with van der Waals surface area (Å²) in [4.78, 5) is 24.5. The first kappa shape index (κ1) is 16.8. The zero-order valence-electron chi connectivity index (χ0n) is 12.2. The van der Waals surface area contributed by atoms with E-state index < -0.39 is 21.7 Å². The van der Waals surface area contributed by atoms with Gasteiger partial charge >= 0.3 is 0 Å². The van der Waals surface area contributed by atoms with Crippen LogP contribution in [0, 0.1) is 12.8 Å². The van der Waals surface area contributed by atoms with Crippen LogP contribution in [-0.4, -0.2) is 37.5 Å². The number of hydrazine groups is 1. The number of benzene rings is 1. The summed E-state index contributed by atoms with van der Waals surface area (Å²) in [6, 6.07) is 7.71. The van der Waals surface area contributed by atoms with Crippen LogP contribution in [0.3, 0.4) is 0 Å². The number of hydrogen-bond donors (Lipinski definition) is 2. The van der Waals surface area contributed by atoms with Crippen LogP contribution < -0.4 is 10.9 Å². The zero-order chi connectivity index (χ0) is 16.2. The van der Waals surface area contributed by atoms with E-state index in [1.54, 1.807) is 0 Å². The summed E-state index contributed by atoms with van der Waals surface area (Å²) in [5.74, 6) is -1.30. The van der Waals surface area contributed by atoms with Crippen molar-refractivity contribution in [1.82, 2.24) is 10.9 Å². The molecule has 1 aliphatic heterocycles. The maximum atomic E-state index is 11.8. The number of amides is 2. The summed E-state index contributed by atoms with van der Waals surface area (Å²) in [5.41, 5.74) is 5.70. The van der Waals surface area contributed by atoms with Crippen LogP contribution in [0.1, 0.15) is 12.0 Å². The fourth-order valence-corrected chi connectivity index (χ4v) is 4.70. The molecule has 0 aromatic heterocycles. The lowest BCUT2D eigenvalue weighted by atomic mass is 10.1. The lowest BCUT2D eigenvalue weighted by molar-refractivity contribution is -0.129. The van der Waals surface area contributed by atoms with Gasteiger partial charge in [0.1, 0.15) is 0 Å². The van der Waals surface area contributed by atoms with Gasteiger partial charge in [0.2, 0.25) is 11.8 Å². The first-order valence-electron chi connectivity index (χ1n) is 6.85. The van der Waals surface area contributed by atoms with E-state index in [2.05, 4.69) is 10.9 Å². The van der Waals surface area contributed by atoms with Gasteiger partial charge in [0.25, 0.3) is 0 Å². The Bertz CT molecular complexity index is 673. The van der Waals surface area contributed by atoms with Gasteiger partial charge in [0.15, 0.2) is 9.84 Å². The smallest absolute Gasteiger partial charge is 0.248 e. The molecule has 0 aliphatic carbocycles. The Kier molecular flexibility index (Phi) is 5.47. The van der Waals surface area contributed by atoms with E-state index in [-0.39, 0.29) is 23.2 Å². The molecule has 2 N–H and O–H groups in total.